The maximum Gasteiger partial charge on any atom is 0.272 e. The molecule has 0 aliphatic heterocycles. The lowest BCUT2D eigenvalue weighted by Crippen LogP contribution is -2.30. The molecule has 0 aliphatic carbocycles. The smallest absolute Gasteiger partial charge is 0.272 e. The summed E-state index contributed by atoms with van der Waals surface area (Å²) in [6.45, 7) is 0.424. The van der Waals surface area contributed by atoms with Gasteiger partial charge in [0.2, 0.25) is 0 Å². The minimum Gasteiger partial charge on any atom is -0.489 e. The summed E-state index contributed by atoms with van der Waals surface area (Å²) in [5.74, 6) is -0.554. The first-order valence-corrected chi connectivity index (χ1v) is 15.0. The first-order chi connectivity index (χ1) is 22.4. The number of carbonyl (C=O) groups excluding carboxylic acids is 3. The second kappa shape index (κ2) is 15.5. The molecule has 228 valence electrons. The normalized spacial score (nSPS) is 11.2. The number of amides is 2. The van der Waals surface area contributed by atoms with Crippen molar-refractivity contribution in [1.29, 1.82) is 0 Å². The number of ether oxygens (including phenoxy) is 1. The van der Waals surface area contributed by atoms with Crippen LogP contribution in [-0.2, 0) is 11.4 Å². The average Bonchev–Trinajstić information content (AvgIpc) is 3.09. The van der Waals surface area contributed by atoms with E-state index in [4.69, 9.17) is 27.9 Å². The van der Waals surface area contributed by atoms with Gasteiger partial charge in [-0.25, -0.2) is 0 Å². The zero-order valence-electron chi connectivity index (χ0n) is 24.5. The SMILES string of the molecule is O=C(Nc1ccc(C(=O)/C=C/c2cccc(Cl)c2Cl)cc1)/C(=C/c1ccc(OCc2ccccc2)cc1)NC(=O)c1ccccc1. The molecule has 0 saturated heterocycles. The van der Waals surface area contributed by atoms with Crippen LogP contribution >= 0.6 is 23.2 Å². The van der Waals surface area contributed by atoms with Crippen molar-refractivity contribution in [3.63, 3.8) is 0 Å². The lowest BCUT2D eigenvalue weighted by atomic mass is 10.1. The monoisotopic (exact) mass is 646 g/mol. The summed E-state index contributed by atoms with van der Waals surface area (Å²) in [6.07, 6.45) is 4.59. The zero-order valence-corrected chi connectivity index (χ0v) is 26.0. The Hall–Kier alpha value is -5.43. The summed E-state index contributed by atoms with van der Waals surface area (Å²) in [4.78, 5) is 39.2. The number of nitrogens with one attached hydrogen (secondary N) is 2. The average molecular weight is 648 g/mol. The number of benzene rings is 5. The molecule has 0 aromatic heterocycles. The van der Waals surface area contributed by atoms with E-state index in [2.05, 4.69) is 10.6 Å². The predicted molar refractivity (Wildman–Crippen MR) is 184 cm³/mol. The second-order valence-electron chi connectivity index (χ2n) is 10.1. The molecule has 0 atom stereocenters. The van der Waals surface area contributed by atoms with Gasteiger partial charge in [-0.3, -0.25) is 14.4 Å². The van der Waals surface area contributed by atoms with Gasteiger partial charge >= 0.3 is 0 Å². The van der Waals surface area contributed by atoms with E-state index in [1.165, 1.54) is 6.08 Å². The molecule has 5 aromatic rings. The van der Waals surface area contributed by atoms with Gasteiger partial charge < -0.3 is 15.4 Å². The number of ketones is 1. The number of anilines is 1. The molecule has 8 heteroatoms. The van der Waals surface area contributed by atoms with Crippen LogP contribution in [0.1, 0.15) is 37.4 Å². The molecule has 0 spiro atoms. The Morgan fingerprint density at radius 3 is 2.07 bits per heavy atom. The number of hydrogen-bond donors (Lipinski definition) is 2. The van der Waals surface area contributed by atoms with E-state index in [0.29, 0.717) is 50.3 Å². The van der Waals surface area contributed by atoms with Gasteiger partial charge in [0.1, 0.15) is 18.1 Å². The van der Waals surface area contributed by atoms with Crippen molar-refractivity contribution in [2.45, 2.75) is 6.61 Å². The van der Waals surface area contributed by atoms with E-state index in [-0.39, 0.29) is 11.5 Å². The van der Waals surface area contributed by atoms with E-state index >= 15 is 0 Å². The van der Waals surface area contributed by atoms with Gasteiger partial charge in [0.25, 0.3) is 11.8 Å². The van der Waals surface area contributed by atoms with Crippen LogP contribution in [-0.4, -0.2) is 17.6 Å². The van der Waals surface area contributed by atoms with E-state index in [1.54, 1.807) is 109 Å². The number of allylic oxidation sites excluding steroid dienone is 1. The largest absolute Gasteiger partial charge is 0.489 e. The Morgan fingerprint density at radius 1 is 0.696 bits per heavy atom. The van der Waals surface area contributed by atoms with Crippen LogP contribution in [0.25, 0.3) is 12.2 Å². The molecule has 46 heavy (non-hydrogen) atoms. The molecule has 0 aliphatic rings. The molecule has 5 rings (SSSR count). The molecule has 0 bridgehead atoms. The fourth-order valence-corrected chi connectivity index (χ4v) is 4.71. The van der Waals surface area contributed by atoms with Gasteiger partial charge in [0.15, 0.2) is 5.78 Å². The van der Waals surface area contributed by atoms with Gasteiger partial charge in [-0.1, -0.05) is 96.0 Å². The standard InChI is InChI=1S/C38H28Cl2N2O4/c39-33-13-7-12-29(36(33)40)18-23-35(43)28-16-19-31(20-17-28)41-38(45)34(42-37(44)30-10-5-2-6-11-30)24-26-14-21-32(22-15-26)46-25-27-8-3-1-4-9-27/h1-24H,25H2,(H,41,45)(H,42,44)/b23-18+,34-24-. The quantitative estimate of drug-likeness (QED) is 0.111. The van der Waals surface area contributed by atoms with Crippen molar-refractivity contribution >= 4 is 58.6 Å². The first-order valence-electron chi connectivity index (χ1n) is 14.3. The van der Waals surface area contributed by atoms with Crippen LogP contribution in [0.15, 0.2) is 139 Å². The Bertz CT molecular complexity index is 1890. The highest BCUT2D eigenvalue weighted by Crippen LogP contribution is 2.26. The fraction of sp³-hybridized carbons (Fsp3) is 0.0263. The molecular formula is C38H28Cl2N2O4. The number of rotatable bonds is 11. The molecule has 6 nitrogen and oxygen atoms in total. The maximum atomic E-state index is 13.4. The summed E-state index contributed by atoms with van der Waals surface area (Å²) < 4.78 is 5.87. The van der Waals surface area contributed by atoms with Crippen LogP contribution in [0.5, 0.6) is 5.75 Å². The third kappa shape index (κ3) is 8.82. The fourth-order valence-electron chi connectivity index (χ4n) is 4.34. The van der Waals surface area contributed by atoms with Crippen LogP contribution in [0, 0.1) is 0 Å². The summed E-state index contributed by atoms with van der Waals surface area (Å²) in [6, 6.07) is 37.2. The highest BCUT2D eigenvalue weighted by atomic mass is 35.5. The molecule has 0 saturated carbocycles. The lowest BCUT2D eigenvalue weighted by Gasteiger charge is -2.12. The maximum absolute atomic E-state index is 13.4. The van der Waals surface area contributed by atoms with Crippen molar-refractivity contribution in [3.8, 4) is 5.75 Å². The van der Waals surface area contributed by atoms with Crippen molar-refractivity contribution in [2.24, 2.45) is 0 Å². The minimum absolute atomic E-state index is 0.0355. The van der Waals surface area contributed by atoms with Gasteiger partial charge in [-0.2, -0.15) is 0 Å². The third-order valence-electron chi connectivity index (χ3n) is 6.79. The highest BCUT2D eigenvalue weighted by molar-refractivity contribution is 6.43. The highest BCUT2D eigenvalue weighted by Gasteiger charge is 2.15. The van der Waals surface area contributed by atoms with Crippen molar-refractivity contribution in [3.05, 3.63) is 177 Å². The van der Waals surface area contributed by atoms with Crippen LogP contribution in [0.3, 0.4) is 0 Å². The first kappa shape index (κ1) is 32.0. The van der Waals surface area contributed by atoms with Gasteiger partial charge in [0, 0.05) is 16.8 Å². The van der Waals surface area contributed by atoms with Crippen LogP contribution in [0.2, 0.25) is 10.0 Å². The van der Waals surface area contributed by atoms with Crippen molar-refractivity contribution < 1.29 is 19.1 Å². The van der Waals surface area contributed by atoms with E-state index in [0.717, 1.165) is 5.56 Å². The Morgan fingerprint density at radius 2 is 1.37 bits per heavy atom. The van der Waals surface area contributed by atoms with Crippen LogP contribution in [0.4, 0.5) is 5.69 Å². The number of hydrogen-bond acceptors (Lipinski definition) is 4. The lowest BCUT2D eigenvalue weighted by molar-refractivity contribution is -0.113. The van der Waals surface area contributed by atoms with Gasteiger partial charge in [-0.15, -0.1) is 0 Å². The zero-order chi connectivity index (χ0) is 32.3. The minimum atomic E-state index is -0.539. The number of halogens is 2. The number of carbonyl (C=O) groups is 3. The summed E-state index contributed by atoms with van der Waals surface area (Å²) in [5, 5.41) is 6.29. The van der Waals surface area contributed by atoms with E-state index in [1.807, 2.05) is 30.3 Å². The molecule has 2 N–H and O–H groups in total. The molecular weight excluding hydrogens is 619 g/mol. The second-order valence-corrected chi connectivity index (χ2v) is 10.9. The third-order valence-corrected chi connectivity index (χ3v) is 7.62. The molecule has 0 unspecified atom stereocenters. The van der Waals surface area contributed by atoms with E-state index in [9.17, 15) is 14.4 Å². The Balaban J connectivity index is 1.29. The molecule has 2 amide bonds. The van der Waals surface area contributed by atoms with Crippen LogP contribution < -0.4 is 15.4 Å². The van der Waals surface area contributed by atoms with Crippen molar-refractivity contribution in [1.82, 2.24) is 5.32 Å². The summed E-state index contributed by atoms with van der Waals surface area (Å²) in [7, 11) is 0. The van der Waals surface area contributed by atoms with Gasteiger partial charge in [-0.05, 0) is 89.5 Å². The topological polar surface area (TPSA) is 84.5 Å². The summed E-state index contributed by atoms with van der Waals surface area (Å²) >= 11 is 12.3. The van der Waals surface area contributed by atoms with E-state index < -0.39 is 11.8 Å². The molecule has 5 aromatic carbocycles. The molecule has 0 fully saturated rings. The Labute approximate surface area is 277 Å². The molecule has 0 heterocycles. The molecule has 0 radical (unpaired) electrons. The summed E-state index contributed by atoms with van der Waals surface area (Å²) in [5.41, 5.74) is 3.64. The van der Waals surface area contributed by atoms with Gasteiger partial charge in [0.05, 0.1) is 10.0 Å². The predicted octanol–water partition coefficient (Wildman–Crippen LogP) is 8.88. The Kier molecular flexibility index (Phi) is 10.8. The van der Waals surface area contributed by atoms with Crippen molar-refractivity contribution in [2.75, 3.05) is 5.32 Å².